The molecule has 0 unspecified atom stereocenters. The lowest BCUT2D eigenvalue weighted by molar-refractivity contribution is -0.136. The van der Waals surface area contributed by atoms with Gasteiger partial charge in [-0.25, -0.2) is 13.1 Å². The number of hydrogen-bond acceptors (Lipinski definition) is 5. The summed E-state index contributed by atoms with van der Waals surface area (Å²) in [5, 5.41) is 13.0. The first kappa shape index (κ1) is 18.0. The number of carboxylic acid groups (broad SMARTS) is 1. The largest absolute Gasteiger partial charge is 0.495 e. The van der Waals surface area contributed by atoms with E-state index in [9.17, 15) is 13.2 Å². The third-order valence-electron chi connectivity index (χ3n) is 3.42. The van der Waals surface area contributed by atoms with Gasteiger partial charge < -0.3 is 9.84 Å². The fourth-order valence-corrected chi connectivity index (χ4v) is 3.51. The van der Waals surface area contributed by atoms with Crippen molar-refractivity contribution in [2.45, 2.75) is 24.8 Å². The molecule has 2 N–H and O–H groups in total. The number of rotatable bonds is 7. The number of carbonyl (C=O) groups is 1. The second-order valence-electron chi connectivity index (χ2n) is 5.28. The summed E-state index contributed by atoms with van der Waals surface area (Å²) in [5.74, 6) is -0.889. The molecule has 0 amide bonds. The highest BCUT2D eigenvalue weighted by Gasteiger charge is 2.21. The Kier molecular flexibility index (Phi) is 5.25. The van der Waals surface area contributed by atoms with Crippen LogP contribution < -0.4 is 9.46 Å². The molecule has 0 atom stereocenters. The first-order chi connectivity index (χ1) is 11.2. The summed E-state index contributed by atoms with van der Waals surface area (Å²) >= 11 is 0. The van der Waals surface area contributed by atoms with Gasteiger partial charge in [0.1, 0.15) is 10.6 Å². The monoisotopic (exact) mass is 353 g/mol. The second-order valence-corrected chi connectivity index (χ2v) is 7.02. The van der Waals surface area contributed by atoms with Crippen LogP contribution in [0.5, 0.6) is 5.75 Å². The number of benzene rings is 1. The van der Waals surface area contributed by atoms with Gasteiger partial charge in [-0.05, 0) is 30.7 Å². The highest BCUT2D eigenvalue weighted by atomic mass is 32.2. The van der Waals surface area contributed by atoms with Gasteiger partial charge in [-0.2, -0.15) is 5.10 Å². The van der Waals surface area contributed by atoms with Crippen molar-refractivity contribution in [3.05, 3.63) is 41.2 Å². The Labute approximate surface area is 140 Å². The van der Waals surface area contributed by atoms with Crippen LogP contribution in [0.4, 0.5) is 0 Å². The molecule has 8 nitrogen and oxygen atoms in total. The van der Waals surface area contributed by atoms with Crippen LogP contribution in [0.25, 0.3) is 0 Å². The first-order valence-corrected chi connectivity index (χ1v) is 8.59. The summed E-state index contributed by atoms with van der Waals surface area (Å²) in [6.07, 6.45) is -0.270. The van der Waals surface area contributed by atoms with Crippen molar-refractivity contribution in [2.75, 3.05) is 7.11 Å². The van der Waals surface area contributed by atoms with E-state index in [0.717, 1.165) is 5.69 Å². The van der Waals surface area contributed by atoms with Gasteiger partial charge in [0.15, 0.2) is 0 Å². The second kappa shape index (κ2) is 7.02. The minimum atomic E-state index is -3.88. The number of nitrogens with one attached hydrogen (secondary N) is 1. The van der Waals surface area contributed by atoms with Crippen LogP contribution in [0, 0.1) is 6.92 Å². The quantitative estimate of drug-likeness (QED) is 0.763. The highest BCUT2D eigenvalue weighted by molar-refractivity contribution is 7.89. The maximum absolute atomic E-state index is 12.6. The number of aromatic nitrogens is 2. The van der Waals surface area contributed by atoms with E-state index in [-0.39, 0.29) is 23.6 Å². The van der Waals surface area contributed by atoms with Crippen LogP contribution in [-0.2, 0) is 34.8 Å². The van der Waals surface area contributed by atoms with Crippen molar-refractivity contribution in [1.29, 1.82) is 0 Å². The Bertz CT molecular complexity index is 858. The Morgan fingerprint density at radius 3 is 2.62 bits per heavy atom. The van der Waals surface area contributed by atoms with E-state index >= 15 is 0 Å². The normalized spacial score (nSPS) is 11.5. The lowest BCUT2D eigenvalue weighted by Crippen LogP contribution is -2.25. The van der Waals surface area contributed by atoms with Crippen LogP contribution in [0.15, 0.2) is 29.2 Å². The molecular weight excluding hydrogens is 334 g/mol. The van der Waals surface area contributed by atoms with Crippen LogP contribution in [0.1, 0.15) is 17.0 Å². The molecule has 130 valence electrons. The van der Waals surface area contributed by atoms with Crippen LogP contribution in [0.3, 0.4) is 0 Å². The molecule has 24 heavy (non-hydrogen) atoms. The van der Waals surface area contributed by atoms with E-state index in [0.29, 0.717) is 11.3 Å². The zero-order valence-corrected chi connectivity index (χ0v) is 14.4. The van der Waals surface area contributed by atoms with Gasteiger partial charge in [-0.15, -0.1) is 0 Å². The van der Waals surface area contributed by atoms with Crippen molar-refractivity contribution in [3.8, 4) is 5.75 Å². The number of carboxylic acids is 1. The lowest BCUT2D eigenvalue weighted by Gasteiger charge is -2.12. The predicted molar refractivity (Wildman–Crippen MR) is 86.3 cm³/mol. The van der Waals surface area contributed by atoms with Crippen molar-refractivity contribution in [1.82, 2.24) is 14.5 Å². The standard InChI is InChI=1S/C15H19N3O5S/c1-10-6-12(18(2)17-10)9-16-24(21,22)14-7-11(8-15(19)20)4-5-13(14)23-3/h4-7,16H,8-9H2,1-3H3,(H,19,20). The summed E-state index contributed by atoms with van der Waals surface area (Å²) < 4.78 is 34.3. The van der Waals surface area contributed by atoms with Gasteiger partial charge in [0.05, 0.1) is 31.5 Å². The number of methoxy groups -OCH3 is 1. The first-order valence-electron chi connectivity index (χ1n) is 7.11. The Morgan fingerprint density at radius 2 is 2.08 bits per heavy atom. The van der Waals surface area contributed by atoms with E-state index in [1.807, 2.05) is 6.92 Å². The highest BCUT2D eigenvalue weighted by Crippen LogP contribution is 2.25. The number of aliphatic carboxylic acids is 1. The predicted octanol–water partition coefficient (Wildman–Crippen LogP) is 0.843. The lowest BCUT2D eigenvalue weighted by atomic mass is 10.1. The molecule has 0 fully saturated rings. The van der Waals surface area contributed by atoms with Crippen molar-refractivity contribution < 1.29 is 23.1 Å². The number of sulfonamides is 1. The Morgan fingerprint density at radius 1 is 1.38 bits per heavy atom. The third-order valence-corrected chi connectivity index (χ3v) is 4.84. The molecule has 2 rings (SSSR count). The summed E-state index contributed by atoms with van der Waals surface area (Å²) in [4.78, 5) is 10.7. The zero-order chi connectivity index (χ0) is 17.9. The molecule has 0 aliphatic heterocycles. The van der Waals surface area contributed by atoms with Crippen molar-refractivity contribution in [3.63, 3.8) is 0 Å². The molecule has 0 aliphatic carbocycles. The van der Waals surface area contributed by atoms with E-state index in [1.165, 1.54) is 25.3 Å². The number of hydrogen-bond donors (Lipinski definition) is 2. The molecule has 2 aromatic rings. The molecule has 1 aromatic heterocycles. The van der Waals surface area contributed by atoms with Crippen LogP contribution in [0.2, 0.25) is 0 Å². The molecule has 0 aliphatic rings. The zero-order valence-electron chi connectivity index (χ0n) is 13.6. The smallest absolute Gasteiger partial charge is 0.307 e. The minimum absolute atomic E-state index is 0.0615. The summed E-state index contributed by atoms with van der Waals surface area (Å²) in [5.41, 5.74) is 1.87. The molecule has 1 aromatic carbocycles. The maximum atomic E-state index is 12.6. The summed E-state index contributed by atoms with van der Waals surface area (Å²) in [6, 6.07) is 6.06. The van der Waals surface area contributed by atoms with Crippen LogP contribution >= 0.6 is 0 Å². The fraction of sp³-hybridized carbons (Fsp3) is 0.333. The van der Waals surface area contributed by atoms with Gasteiger partial charge in [-0.3, -0.25) is 9.48 Å². The topological polar surface area (TPSA) is 111 Å². The average molecular weight is 353 g/mol. The van der Waals surface area contributed by atoms with Gasteiger partial charge in [0.2, 0.25) is 10.0 Å². The van der Waals surface area contributed by atoms with E-state index < -0.39 is 16.0 Å². The summed E-state index contributed by atoms with van der Waals surface area (Å²) in [6.45, 7) is 1.88. The number of aryl methyl sites for hydroxylation is 2. The molecular formula is C15H19N3O5S. The van der Waals surface area contributed by atoms with E-state index in [1.54, 1.807) is 17.8 Å². The molecule has 0 saturated heterocycles. The van der Waals surface area contributed by atoms with E-state index in [4.69, 9.17) is 9.84 Å². The van der Waals surface area contributed by atoms with Crippen molar-refractivity contribution >= 4 is 16.0 Å². The SMILES string of the molecule is COc1ccc(CC(=O)O)cc1S(=O)(=O)NCc1cc(C)nn1C. The molecule has 1 heterocycles. The molecule has 9 heteroatoms. The van der Waals surface area contributed by atoms with Gasteiger partial charge >= 0.3 is 5.97 Å². The van der Waals surface area contributed by atoms with Gasteiger partial charge in [0, 0.05) is 7.05 Å². The fourth-order valence-electron chi connectivity index (χ4n) is 2.29. The number of nitrogens with zero attached hydrogens (tertiary/aromatic N) is 2. The molecule has 0 saturated carbocycles. The maximum Gasteiger partial charge on any atom is 0.307 e. The molecule has 0 spiro atoms. The summed E-state index contributed by atoms with van der Waals surface area (Å²) in [7, 11) is -0.792. The average Bonchev–Trinajstić information content (AvgIpc) is 2.82. The van der Waals surface area contributed by atoms with E-state index in [2.05, 4.69) is 9.82 Å². The number of ether oxygens (including phenoxy) is 1. The van der Waals surface area contributed by atoms with Crippen molar-refractivity contribution in [2.24, 2.45) is 7.05 Å². The Balaban J connectivity index is 2.29. The third kappa shape index (κ3) is 4.12. The molecule has 0 bridgehead atoms. The van der Waals surface area contributed by atoms with Crippen LogP contribution in [-0.4, -0.2) is 36.4 Å². The minimum Gasteiger partial charge on any atom is -0.495 e. The Hall–Kier alpha value is -2.39. The van der Waals surface area contributed by atoms with Gasteiger partial charge in [-0.1, -0.05) is 6.07 Å². The molecule has 0 radical (unpaired) electrons. The van der Waals surface area contributed by atoms with Gasteiger partial charge in [0.25, 0.3) is 0 Å².